The SMILES string of the molecule is CCc1c(C#N)c(SCc2cnn(CC3COC(C)(C)O3)c2)nc(N2CCC(OC(N)=O)CC2C(C)(C)C)c1C#N. The third-order valence-electron chi connectivity index (χ3n) is 7.45. The Morgan fingerprint density at radius 3 is 2.61 bits per heavy atom. The number of pyridine rings is 1. The summed E-state index contributed by atoms with van der Waals surface area (Å²) in [6, 6.07) is 4.58. The molecule has 2 aliphatic rings. The molecule has 2 aromatic rings. The Labute approximate surface area is 245 Å². The molecule has 2 N–H and O–H groups in total. The zero-order chi connectivity index (χ0) is 29.9. The lowest BCUT2D eigenvalue weighted by Crippen LogP contribution is -2.52. The number of thioether (sulfide) groups is 1. The summed E-state index contributed by atoms with van der Waals surface area (Å²) in [4.78, 5) is 18.6. The van der Waals surface area contributed by atoms with Gasteiger partial charge in [-0.3, -0.25) is 4.68 Å². The van der Waals surface area contributed by atoms with E-state index in [0.717, 1.165) is 5.56 Å². The van der Waals surface area contributed by atoms with E-state index in [0.29, 0.717) is 72.2 Å². The van der Waals surface area contributed by atoms with Crippen LogP contribution < -0.4 is 10.6 Å². The molecule has 0 spiro atoms. The molecule has 2 aliphatic heterocycles. The lowest BCUT2D eigenvalue weighted by Gasteiger charge is -2.46. The van der Waals surface area contributed by atoms with Crippen LogP contribution in [0.2, 0.25) is 0 Å². The van der Waals surface area contributed by atoms with Gasteiger partial charge in [0.2, 0.25) is 0 Å². The van der Waals surface area contributed by atoms with E-state index in [2.05, 4.69) is 42.9 Å². The van der Waals surface area contributed by atoms with Gasteiger partial charge in [0.1, 0.15) is 35.2 Å². The van der Waals surface area contributed by atoms with Gasteiger partial charge in [-0.2, -0.15) is 15.6 Å². The van der Waals surface area contributed by atoms with Gasteiger partial charge in [0.25, 0.3) is 0 Å². The maximum atomic E-state index is 11.5. The Morgan fingerprint density at radius 1 is 1.29 bits per heavy atom. The second kappa shape index (κ2) is 12.3. The van der Waals surface area contributed by atoms with E-state index in [9.17, 15) is 15.3 Å². The molecule has 2 saturated heterocycles. The summed E-state index contributed by atoms with van der Waals surface area (Å²) in [6.45, 7) is 13.7. The highest BCUT2D eigenvalue weighted by Crippen LogP contribution is 2.40. The first-order valence-electron chi connectivity index (χ1n) is 13.9. The van der Waals surface area contributed by atoms with Crippen LogP contribution in [-0.4, -0.2) is 58.0 Å². The average Bonchev–Trinajstić information content (AvgIpc) is 3.50. The topological polar surface area (TPSA) is 152 Å². The molecule has 11 nitrogen and oxygen atoms in total. The van der Waals surface area contributed by atoms with Crippen LogP contribution in [-0.2, 0) is 32.9 Å². The number of aromatic nitrogens is 3. The number of carbonyl (C=O) groups excluding carboxylic acids is 1. The summed E-state index contributed by atoms with van der Waals surface area (Å²) in [7, 11) is 0. The lowest BCUT2D eigenvalue weighted by atomic mass is 9.79. The largest absolute Gasteiger partial charge is 0.446 e. The molecule has 4 heterocycles. The molecule has 2 fully saturated rings. The number of nitrogens with two attached hydrogens (primary N) is 1. The maximum Gasteiger partial charge on any atom is 0.404 e. The highest BCUT2D eigenvalue weighted by molar-refractivity contribution is 7.98. The van der Waals surface area contributed by atoms with Crippen molar-refractivity contribution in [2.24, 2.45) is 11.1 Å². The van der Waals surface area contributed by atoms with Crippen LogP contribution in [0.4, 0.5) is 10.6 Å². The van der Waals surface area contributed by atoms with Crippen molar-refractivity contribution < 1.29 is 19.0 Å². The Hall–Kier alpha value is -3.32. The third-order valence-corrected chi connectivity index (χ3v) is 8.50. The summed E-state index contributed by atoms with van der Waals surface area (Å²) >= 11 is 1.46. The van der Waals surface area contributed by atoms with Crippen LogP contribution in [0.25, 0.3) is 0 Å². The van der Waals surface area contributed by atoms with Crippen molar-refractivity contribution in [2.45, 2.75) is 102 Å². The number of nitrogens with zero attached hydrogens (tertiary/aromatic N) is 6. The van der Waals surface area contributed by atoms with E-state index in [1.165, 1.54) is 11.8 Å². The van der Waals surface area contributed by atoms with Gasteiger partial charge in [-0.05, 0) is 31.2 Å². The first-order chi connectivity index (χ1) is 19.3. The van der Waals surface area contributed by atoms with Gasteiger partial charge >= 0.3 is 6.09 Å². The second-order valence-electron chi connectivity index (χ2n) is 12.0. The summed E-state index contributed by atoms with van der Waals surface area (Å²) in [5.74, 6) is 0.539. The van der Waals surface area contributed by atoms with E-state index >= 15 is 0 Å². The minimum absolute atomic E-state index is 0.0688. The standard InChI is InChI=1S/C29H39N7O4S/c1-7-21-22(11-30)25(36-9-8-19(39-27(32)37)10-24(36)28(2,3)4)34-26(23(21)12-31)41-17-18-13-33-35(14-18)15-20-16-38-29(5,6)40-20/h13-14,19-20,24H,7-10,15-17H2,1-6H3,(H2,32,37). The summed E-state index contributed by atoms with van der Waals surface area (Å²) in [5, 5.41) is 25.4. The maximum absolute atomic E-state index is 11.5. The molecule has 220 valence electrons. The highest BCUT2D eigenvalue weighted by Gasteiger charge is 2.40. The summed E-state index contributed by atoms with van der Waals surface area (Å²) in [6.07, 6.45) is 4.27. The van der Waals surface area contributed by atoms with Gasteiger partial charge in [-0.1, -0.05) is 27.7 Å². The third kappa shape index (κ3) is 7.13. The molecule has 0 aliphatic carbocycles. The Kier molecular flexibility index (Phi) is 9.17. The van der Waals surface area contributed by atoms with E-state index < -0.39 is 11.9 Å². The quantitative estimate of drug-likeness (QED) is 0.441. The number of ether oxygens (including phenoxy) is 3. The minimum atomic E-state index is -0.784. The molecule has 2 aromatic heterocycles. The summed E-state index contributed by atoms with van der Waals surface area (Å²) in [5.41, 5.74) is 7.64. The van der Waals surface area contributed by atoms with Crippen LogP contribution >= 0.6 is 11.8 Å². The monoisotopic (exact) mass is 581 g/mol. The smallest absolute Gasteiger partial charge is 0.404 e. The van der Waals surface area contributed by atoms with Crippen molar-refractivity contribution >= 4 is 23.7 Å². The fraction of sp³-hybridized carbons (Fsp3) is 0.621. The molecule has 3 atom stereocenters. The number of piperidine rings is 1. The fourth-order valence-electron chi connectivity index (χ4n) is 5.57. The summed E-state index contributed by atoms with van der Waals surface area (Å²) < 4.78 is 18.8. The predicted molar refractivity (Wildman–Crippen MR) is 154 cm³/mol. The van der Waals surface area contributed by atoms with Crippen molar-refractivity contribution in [3.63, 3.8) is 0 Å². The molecule has 4 rings (SSSR count). The zero-order valence-electron chi connectivity index (χ0n) is 24.6. The zero-order valence-corrected chi connectivity index (χ0v) is 25.5. The fourth-order valence-corrected chi connectivity index (χ4v) is 6.49. The average molecular weight is 582 g/mol. The molecule has 0 saturated carbocycles. The molecule has 12 heteroatoms. The predicted octanol–water partition coefficient (Wildman–Crippen LogP) is 4.51. The van der Waals surface area contributed by atoms with Gasteiger partial charge in [-0.15, -0.1) is 11.8 Å². The second-order valence-corrected chi connectivity index (χ2v) is 13.0. The molecule has 3 unspecified atom stereocenters. The molecule has 0 aromatic carbocycles. The van der Waals surface area contributed by atoms with E-state index in [1.807, 2.05) is 37.8 Å². The number of primary amides is 1. The van der Waals surface area contributed by atoms with E-state index in [-0.39, 0.29) is 23.7 Å². The number of nitriles is 2. The number of hydrogen-bond acceptors (Lipinski definition) is 10. The van der Waals surface area contributed by atoms with Gasteiger partial charge in [0.15, 0.2) is 5.79 Å². The number of carbonyl (C=O) groups is 1. The van der Waals surface area contributed by atoms with E-state index in [1.54, 1.807) is 0 Å². The molecule has 0 bridgehead atoms. The highest BCUT2D eigenvalue weighted by atomic mass is 32.2. The minimum Gasteiger partial charge on any atom is -0.446 e. The molecular weight excluding hydrogens is 542 g/mol. The van der Waals surface area contributed by atoms with Crippen LogP contribution in [0.5, 0.6) is 0 Å². The number of amides is 1. The van der Waals surface area contributed by atoms with Crippen LogP contribution in [0, 0.1) is 28.1 Å². The normalized spacial score (nSPS) is 22.2. The lowest BCUT2D eigenvalue weighted by molar-refractivity contribution is -0.139. The number of anilines is 1. The van der Waals surface area contributed by atoms with Crippen LogP contribution in [0.15, 0.2) is 17.4 Å². The number of rotatable bonds is 8. The molecule has 41 heavy (non-hydrogen) atoms. The molecule has 1 amide bonds. The Morgan fingerprint density at radius 2 is 2.02 bits per heavy atom. The molecular formula is C29H39N7O4S. The van der Waals surface area contributed by atoms with Gasteiger partial charge in [0, 0.05) is 42.9 Å². The van der Waals surface area contributed by atoms with Crippen LogP contribution in [0.1, 0.15) is 76.6 Å². The molecule has 0 radical (unpaired) electrons. The first kappa shape index (κ1) is 30.6. The van der Waals surface area contributed by atoms with Gasteiger partial charge in [0.05, 0.1) is 30.5 Å². The Bertz CT molecular complexity index is 1350. The first-order valence-corrected chi connectivity index (χ1v) is 14.9. The van der Waals surface area contributed by atoms with Crippen LogP contribution in [0.3, 0.4) is 0 Å². The van der Waals surface area contributed by atoms with Crippen molar-refractivity contribution in [3.05, 3.63) is 34.6 Å². The Balaban J connectivity index is 1.61. The van der Waals surface area contributed by atoms with Crippen molar-refractivity contribution in [1.82, 2.24) is 14.8 Å². The van der Waals surface area contributed by atoms with Crippen molar-refractivity contribution in [2.75, 3.05) is 18.1 Å². The van der Waals surface area contributed by atoms with Gasteiger partial charge < -0.3 is 24.8 Å². The number of hydrogen-bond donors (Lipinski definition) is 1. The van der Waals surface area contributed by atoms with Crippen molar-refractivity contribution in [1.29, 1.82) is 10.5 Å². The van der Waals surface area contributed by atoms with Gasteiger partial charge in [-0.25, -0.2) is 9.78 Å². The van der Waals surface area contributed by atoms with Crippen molar-refractivity contribution in [3.8, 4) is 12.1 Å². The van der Waals surface area contributed by atoms with E-state index in [4.69, 9.17) is 24.9 Å².